The van der Waals surface area contributed by atoms with Crippen LogP contribution < -0.4 is 0 Å². The molecule has 2 aliphatic heterocycles. The lowest BCUT2D eigenvalue weighted by Crippen LogP contribution is -2.31. The summed E-state index contributed by atoms with van der Waals surface area (Å²) in [4.78, 5) is 11.4. The molecule has 2 unspecified atom stereocenters. The molecule has 0 aromatic carbocycles. The summed E-state index contributed by atoms with van der Waals surface area (Å²) >= 11 is 0. The van der Waals surface area contributed by atoms with Crippen molar-refractivity contribution in [3.63, 3.8) is 0 Å². The van der Waals surface area contributed by atoms with Crippen molar-refractivity contribution in [2.24, 2.45) is 17.8 Å². The SMILES string of the molecule is CCCCC[C@@H](C=C[C@H]1[C@@H]2CC(C=O)=C[C@H]2C[C@H]1OC1CCCCO1)OC1CCCCO1. The number of allylic oxidation sites excluding steroid dienone is 2. The van der Waals surface area contributed by atoms with Crippen LogP contribution in [0, 0.1) is 17.8 Å². The van der Waals surface area contributed by atoms with E-state index in [9.17, 15) is 4.79 Å². The molecular formula is C27H42O5. The van der Waals surface area contributed by atoms with E-state index in [0.717, 1.165) is 70.0 Å². The monoisotopic (exact) mass is 446 g/mol. The molecule has 5 heteroatoms. The zero-order valence-electron chi connectivity index (χ0n) is 19.8. The molecular weight excluding hydrogens is 404 g/mol. The first kappa shape index (κ1) is 24.1. The lowest BCUT2D eigenvalue weighted by Gasteiger charge is -2.30. The second kappa shape index (κ2) is 12.5. The van der Waals surface area contributed by atoms with Crippen LogP contribution in [0.2, 0.25) is 0 Å². The average Bonchev–Trinajstić information content (AvgIpc) is 3.36. The Bertz CT molecular complexity index is 632. The minimum atomic E-state index is -0.0785. The topological polar surface area (TPSA) is 54.0 Å². The molecule has 4 rings (SSSR count). The van der Waals surface area contributed by atoms with Gasteiger partial charge in [0.1, 0.15) is 6.29 Å². The standard InChI is InChI=1S/C27H42O5/c1-2-3-4-9-22(31-26-10-5-7-14-29-26)12-13-23-24-17-20(19-28)16-21(24)18-25(23)32-27-11-6-8-15-30-27/h12-13,16,19,21-27H,2-11,14-15,17-18H2,1H3/t21-,22-,23-,24+,25+,26?,27?/m0/s1. The molecule has 7 atom stereocenters. The van der Waals surface area contributed by atoms with Crippen LogP contribution in [0.3, 0.4) is 0 Å². The first-order valence-electron chi connectivity index (χ1n) is 13.1. The molecule has 0 aromatic heterocycles. The third kappa shape index (κ3) is 6.53. The Morgan fingerprint density at radius 2 is 1.88 bits per heavy atom. The Morgan fingerprint density at radius 3 is 2.56 bits per heavy atom. The van der Waals surface area contributed by atoms with Crippen LogP contribution in [0.15, 0.2) is 23.8 Å². The predicted octanol–water partition coefficient (Wildman–Crippen LogP) is 5.73. The fraction of sp³-hybridized carbons (Fsp3) is 0.815. The lowest BCUT2D eigenvalue weighted by atomic mass is 9.89. The van der Waals surface area contributed by atoms with Gasteiger partial charge >= 0.3 is 0 Å². The molecule has 5 nitrogen and oxygen atoms in total. The van der Waals surface area contributed by atoms with Crippen molar-refractivity contribution in [1.82, 2.24) is 0 Å². The van der Waals surface area contributed by atoms with Gasteiger partial charge < -0.3 is 18.9 Å². The highest BCUT2D eigenvalue weighted by Gasteiger charge is 2.45. The van der Waals surface area contributed by atoms with Crippen molar-refractivity contribution in [1.29, 1.82) is 0 Å². The van der Waals surface area contributed by atoms with Crippen molar-refractivity contribution < 1.29 is 23.7 Å². The summed E-state index contributed by atoms with van der Waals surface area (Å²) < 4.78 is 24.6. The minimum Gasteiger partial charge on any atom is -0.353 e. The van der Waals surface area contributed by atoms with Crippen LogP contribution in [-0.4, -0.2) is 44.3 Å². The maximum atomic E-state index is 11.4. The highest BCUT2D eigenvalue weighted by atomic mass is 16.7. The molecule has 2 heterocycles. The highest BCUT2D eigenvalue weighted by Crippen LogP contribution is 2.48. The van der Waals surface area contributed by atoms with E-state index in [2.05, 4.69) is 25.2 Å². The van der Waals surface area contributed by atoms with Gasteiger partial charge in [-0.3, -0.25) is 4.79 Å². The molecule has 2 saturated heterocycles. The number of hydrogen-bond acceptors (Lipinski definition) is 5. The number of aldehydes is 1. The number of hydrogen-bond donors (Lipinski definition) is 0. The number of carbonyl (C=O) groups excluding carboxylic acids is 1. The van der Waals surface area contributed by atoms with Gasteiger partial charge in [-0.05, 0) is 75.2 Å². The summed E-state index contributed by atoms with van der Waals surface area (Å²) in [5.74, 6) is 1.17. The maximum absolute atomic E-state index is 11.4. The maximum Gasteiger partial charge on any atom is 0.158 e. The van der Waals surface area contributed by atoms with E-state index in [4.69, 9.17) is 18.9 Å². The summed E-state index contributed by atoms with van der Waals surface area (Å²) in [6.07, 6.45) is 21.0. The highest BCUT2D eigenvalue weighted by molar-refractivity contribution is 5.74. The summed E-state index contributed by atoms with van der Waals surface area (Å²) in [5, 5.41) is 0. The molecule has 4 aliphatic rings. The fourth-order valence-corrected chi connectivity index (χ4v) is 5.84. The van der Waals surface area contributed by atoms with Gasteiger partial charge in [-0.1, -0.05) is 44.4 Å². The molecule has 0 N–H and O–H groups in total. The molecule has 0 aromatic rings. The molecule has 3 fully saturated rings. The quantitative estimate of drug-likeness (QED) is 0.231. The summed E-state index contributed by atoms with van der Waals surface area (Å²) in [5.41, 5.74) is 0.956. The van der Waals surface area contributed by atoms with Crippen LogP contribution in [0.1, 0.15) is 84.0 Å². The van der Waals surface area contributed by atoms with E-state index in [0.29, 0.717) is 17.8 Å². The van der Waals surface area contributed by atoms with Crippen LogP contribution in [0.4, 0.5) is 0 Å². The average molecular weight is 447 g/mol. The van der Waals surface area contributed by atoms with Gasteiger partial charge in [0.2, 0.25) is 0 Å². The summed E-state index contributed by atoms with van der Waals surface area (Å²) in [6.45, 7) is 3.84. The van der Waals surface area contributed by atoms with Gasteiger partial charge in [0.05, 0.1) is 12.2 Å². The Hall–Kier alpha value is -1.01. The van der Waals surface area contributed by atoms with E-state index < -0.39 is 0 Å². The Labute approximate surface area is 193 Å². The van der Waals surface area contributed by atoms with Gasteiger partial charge in [0.15, 0.2) is 12.6 Å². The van der Waals surface area contributed by atoms with Crippen LogP contribution in [0.25, 0.3) is 0 Å². The number of ether oxygens (including phenoxy) is 4. The second-order valence-electron chi connectivity index (χ2n) is 10.0. The van der Waals surface area contributed by atoms with E-state index in [1.54, 1.807) is 0 Å². The van der Waals surface area contributed by atoms with Gasteiger partial charge in [0.25, 0.3) is 0 Å². The Kier molecular flexibility index (Phi) is 9.39. The second-order valence-corrected chi connectivity index (χ2v) is 10.0. The third-order valence-corrected chi connectivity index (χ3v) is 7.60. The largest absolute Gasteiger partial charge is 0.353 e. The van der Waals surface area contributed by atoms with Gasteiger partial charge in [0, 0.05) is 19.1 Å². The summed E-state index contributed by atoms with van der Waals surface area (Å²) in [6, 6.07) is 0. The number of carbonyl (C=O) groups is 1. The van der Waals surface area contributed by atoms with E-state index in [1.165, 1.54) is 32.1 Å². The van der Waals surface area contributed by atoms with E-state index in [-0.39, 0.29) is 24.8 Å². The van der Waals surface area contributed by atoms with Crippen molar-refractivity contribution in [3.8, 4) is 0 Å². The van der Waals surface area contributed by atoms with Crippen LogP contribution >= 0.6 is 0 Å². The minimum absolute atomic E-state index is 0.0751. The van der Waals surface area contributed by atoms with Crippen molar-refractivity contribution in [3.05, 3.63) is 23.8 Å². The summed E-state index contributed by atoms with van der Waals surface area (Å²) in [7, 11) is 0. The fourth-order valence-electron chi connectivity index (χ4n) is 5.84. The van der Waals surface area contributed by atoms with E-state index >= 15 is 0 Å². The first-order valence-corrected chi connectivity index (χ1v) is 13.1. The number of rotatable bonds is 11. The molecule has 0 bridgehead atoms. The molecule has 2 aliphatic carbocycles. The van der Waals surface area contributed by atoms with Gasteiger partial charge in [-0.25, -0.2) is 0 Å². The smallest absolute Gasteiger partial charge is 0.158 e. The van der Waals surface area contributed by atoms with Crippen LogP contribution in [0.5, 0.6) is 0 Å². The van der Waals surface area contributed by atoms with Gasteiger partial charge in [-0.2, -0.15) is 0 Å². The first-order chi connectivity index (χ1) is 15.8. The van der Waals surface area contributed by atoms with Crippen molar-refractivity contribution >= 4 is 6.29 Å². The molecule has 0 spiro atoms. The lowest BCUT2D eigenvalue weighted by molar-refractivity contribution is -0.193. The zero-order chi connectivity index (χ0) is 22.2. The predicted molar refractivity (Wildman–Crippen MR) is 124 cm³/mol. The molecule has 180 valence electrons. The van der Waals surface area contributed by atoms with Crippen LogP contribution in [-0.2, 0) is 23.7 Å². The number of fused-ring (bicyclic) bond motifs is 1. The number of unbranched alkanes of at least 4 members (excludes halogenated alkanes) is 2. The molecule has 0 radical (unpaired) electrons. The van der Waals surface area contributed by atoms with Gasteiger partial charge in [-0.15, -0.1) is 0 Å². The van der Waals surface area contributed by atoms with Crippen molar-refractivity contribution in [2.45, 2.75) is 109 Å². The Morgan fingerprint density at radius 1 is 1.09 bits per heavy atom. The zero-order valence-corrected chi connectivity index (χ0v) is 19.8. The Balaban J connectivity index is 1.43. The van der Waals surface area contributed by atoms with E-state index in [1.807, 2.05) is 0 Å². The molecule has 1 saturated carbocycles. The molecule has 32 heavy (non-hydrogen) atoms. The van der Waals surface area contributed by atoms with Crippen molar-refractivity contribution in [2.75, 3.05) is 13.2 Å². The molecule has 0 amide bonds. The third-order valence-electron chi connectivity index (χ3n) is 7.60. The normalized spacial score (nSPS) is 36.2.